The van der Waals surface area contributed by atoms with Gasteiger partial charge in [-0.2, -0.15) is 10.4 Å². The van der Waals surface area contributed by atoms with Crippen LogP contribution in [0.15, 0.2) is 35.6 Å². The molecule has 0 spiro atoms. The number of aromatic nitrogens is 3. The lowest BCUT2D eigenvalue weighted by Gasteiger charge is -2.09. The van der Waals surface area contributed by atoms with Gasteiger partial charge in [0.25, 0.3) is 10.0 Å². The van der Waals surface area contributed by atoms with E-state index in [2.05, 4.69) is 20.9 Å². The number of aliphatic hydroxyl groups excluding tert-OH is 1. The highest BCUT2D eigenvalue weighted by Gasteiger charge is 2.19. The molecule has 130 valence electrons. The number of H-pyrrole nitrogens is 1. The van der Waals surface area contributed by atoms with E-state index in [9.17, 15) is 13.7 Å². The Hall–Kier alpha value is -2.83. The molecule has 3 aromatic rings. The van der Waals surface area contributed by atoms with Crippen LogP contribution >= 0.6 is 0 Å². The van der Waals surface area contributed by atoms with Crippen LogP contribution in [-0.4, -0.2) is 34.9 Å². The third kappa shape index (κ3) is 3.22. The van der Waals surface area contributed by atoms with Crippen molar-refractivity contribution in [1.82, 2.24) is 14.8 Å². The predicted octanol–water partition coefficient (Wildman–Crippen LogP) is 1.73. The minimum Gasteiger partial charge on any atom is -0.396 e. The fourth-order valence-corrected chi connectivity index (χ4v) is 3.66. The highest BCUT2D eigenvalue weighted by Crippen LogP contribution is 2.29. The van der Waals surface area contributed by atoms with Gasteiger partial charge >= 0.3 is 0 Å². The summed E-state index contributed by atoms with van der Waals surface area (Å²) in [5.41, 5.74) is 2.27. The first-order chi connectivity index (χ1) is 12.0. The Morgan fingerprint density at radius 1 is 1.44 bits per heavy atom. The van der Waals surface area contributed by atoms with Crippen LogP contribution in [0.3, 0.4) is 0 Å². The second-order valence-electron chi connectivity index (χ2n) is 5.62. The van der Waals surface area contributed by atoms with Crippen LogP contribution in [-0.2, 0) is 16.6 Å². The number of aryl methyl sites for hydroxylation is 2. The van der Waals surface area contributed by atoms with Crippen LogP contribution in [0, 0.1) is 18.3 Å². The number of nitriles is 1. The van der Waals surface area contributed by atoms with Gasteiger partial charge < -0.3 is 10.1 Å². The van der Waals surface area contributed by atoms with Crippen molar-refractivity contribution < 1.29 is 13.5 Å². The van der Waals surface area contributed by atoms with Crippen LogP contribution < -0.4 is 4.72 Å². The number of hydrogen-bond donors (Lipinski definition) is 3. The summed E-state index contributed by atoms with van der Waals surface area (Å²) in [4.78, 5) is 2.99. The molecule has 8 nitrogen and oxygen atoms in total. The van der Waals surface area contributed by atoms with Crippen molar-refractivity contribution in [2.24, 2.45) is 0 Å². The summed E-state index contributed by atoms with van der Waals surface area (Å²) in [6, 6.07) is 5.51. The van der Waals surface area contributed by atoms with Gasteiger partial charge in [-0.1, -0.05) is 6.07 Å². The van der Waals surface area contributed by atoms with E-state index in [1.165, 1.54) is 17.1 Å². The number of benzene rings is 1. The Morgan fingerprint density at radius 2 is 2.24 bits per heavy atom. The van der Waals surface area contributed by atoms with E-state index in [4.69, 9.17) is 5.11 Å². The molecule has 0 amide bonds. The summed E-state index contributed by atoms with van der Waals surface area (Å²) in [6.45, 7) is 2.30. The van der Waals surface area contributed by atoms with E-state index in [0.717, 1.165) is 5.56 Å². The lowest BCUT2D eigenvalue weighted by molar-refractivity contribution is 0.277. The largest absolute Gasteiger partial charge is 0.396 e. The number of aliphatic hydroxyl groups is 1. The Labute approximate surface area is 144 Å². The van der Waals surface area contributed by atoms with Gasteiger partial charge in [0, 0.05) is 30.9 Å². The summed E-state index contributed by atoms with van der Waals surface area (Å²) in [5, 5.41) is 22.7. The number of rotatable bonds is 6. The molecule has 0 bridgehead atoms. The first-order valence-corrected chi connectivity index (χ1v) is 9.11. The second kappa shape index (κ2) is 6.58. The van der Waals surface area contributed by atoms with Gasteiger partial charge in [-0.25, -0.2) is 8.42 Å². The Bertz CT molecular complexity index is 1060. The molecule has 3 N–H and O–H groups in total. The summed E-state index contributed by atoms with van der Waals surface area (Å²) >= 11 is 0. The number of fused-ring (bicyclic) bond motifs is 1. The summed E-state index contributed by atoms with van der Waals surface area (Å²) < 4.78 is 29.2. The first kappa shape index (κ1) is 17.0. The molecule has 9 heteroatoms. The van der Waals surface area contributed by atoms with Gasteiger partial charge in [-0.15, -0.1) is 0 Å². The maximum Gasteiger partial charge on any atom is 0.265 e. The van der Waals surface area contributed by atoms with Crippen LogP contribution in [0.4, 0.5) is 5.69 Å². The monoisotopic (exact) mass is 359 g/mol. The predicted molar refractivity (Wildman–Crippen MR) is 92.5 cm³/mol. The van der Waals surface area contributed by atoms with Gasteiger partial charge in [0.15, 0.2) is 0 Å². The molecular formula is C16H17N5O3S. The SMILES string of the molecule is Cc1ccc(NS(=O)(=O)c2cnn(CCCO)c2)c2[nH]cc(C#N)c12. The number of aromatic amines is 1. The molecule has 0 atom stereocenters. The average molecular weight is 359 g/mol. The molecule has 25 heavy (non-hydrogen) atoms. The van der Waals surface area contributed by atoms with Crippen molar-refractivity contribution >= 4 is 26.6 Å². The molecule has 0 saturated heterocycles. The maximum atomic E-state index is 12.6. The zero-order valence-electron chi connectivity index (χ0n) is 13.5. The minimum absolute atomic E-state index is 0.00952. The second-order valence-corrected chi connectivity index (χ2v) is 7.30. The van der Waals surface area contributed by atoms with E-state index in [-0.39, 0.29) is 11.5 Å². The van der Waals surface area contributed by atoms with E-state index in [1.807, 2.05) is 6.92 Å². The quantitative estimate of drug-likeness (QED) is 0.618. The van der Waals surface area contributed by atoms with E-state index in [0.29, 0.717) is 35.1 Å². The van der Waals surface area contributed by atoms with Gasteiger partial charge in [-0.3, -0.25) is 9.40 Å². The molecule has 0 radical (unpaired) electrons. The van der Waals surface area contributed by atoms with E-state index >= 15 is 0 Å². The Balaban J connectivity index is 1.95. The zero-order chi connectivity index (χ0) is 18.0. The number of sulfonamides is 1. The van der Waals surface area contributed by atoms with Crippen molar-refractivity contribution in [3.05, 3.63) is 41.9 Å². The minimum atomic E-state index is -3.82. The van der Waals surface area contributed by atoms with E-state index < -0.39 is 10.0 Å². The fraction of sp³-hybridized carbons (Fsp3) is 0.250. The van der Waals surface area contributed by atoms with Crippen LogP contribution in [0.25, 0.3) is 10.9 Å². The lowest BCUT2D eigenvalue weighted by Crippen LogP contribution is -2.13. The molecule has 0 fully saturated rings. The summed E-state index contributed by atoms with van der Waals surface area (Å²) in [7, 11) is -3.82. The smallest absolute Gasteiger partial charge is 0.265 e. The molecule has 0 aliphatic rings. The third-order valence-electron chi connectivity index (χ3n) is 3.87. The number of nitrogens with one attached hydrogen (secondary N) is 2. The molecule has 1 aromatic carbocycles. The highest BCUT2D eigenvalue weighted by molar-refractivity contribution is 7.92. The molecule has 0 aliphatic carbocycles. The average Bonchev–Trinajstić information content (AvgIpc) is 3.23. The molecule has 0 saturated carbocycles. The fourth-order valence-electron chi connectivity index (χ4n) is 2.64. The topological polar surface area (TPSA) is 124 Å². The standard InChI is InChI=1S/C16H17N5O3S/c1-11-3-4-14(16-15(11)12(7-17)8-18-16)20-25(23,24)13-9-19-21(10-13)5-2-6-22/h3-4,8-10,18,20,22H,2,5-6H2,1H3. The van der Waals surface area contributed by atoms with Crippen LogP contribution in [0.5, 0.6) is 0 Å². The van der Waals surface area contributed by atoms with E-state index in [1.54, 1.807) is 18.3 Å². The molecule has 0 aliphatic heterocycles. The molecule has 2 heterocycles. The van der Waals surface area contributed by atoms with Crippen LogP contribution in [0.1, 0.15) is 17.5 Å². The molecule has 3 rings (SSSR count). The van der Waals surface area contributed by atoms with Crippen molar-refractivity contribution in [2.75, 3.05) is 11.3 Å². The number of anilines is 1. The Morgan fingerprint density at radius 3 is 2.96 bits per heavy atom. The lowest BCUT2D eigenvalue weighted by atomic mass is 10.1. The Kier molecular flexibility index (Phi) is 4.48. The number of hydrogen-bond acceptors (Lipinski definition) is 5. The first-order valence-electron chi connectivity index (χ1n) is 7.63. The van der Waals surface area contributed by atoms with Crippen molar-refractivity contribution in [2.45, 2.75) is 24.8 Å². The van der Waals surface area contributed by atoms with Crippen molar-refractivity contribution in [3.8, 4) is 6.07 Å². The van der Waals surface area contributed by atoms with Gasteiger partial charge in [0.05, 0.1) is 23.0 Å². The molecule has 2 aromatic heterocycles. The maximum absolute atomic E-state index is 12.6. The normalized spacial score (nSPS) is 11.6. The zero-order valence-corrected chi connectivity index (χ0v) is 14.3. The van der Waals surface area contributed by atoms with Gasteiger partial charge in [-0.05, 0) is 25.0 Å². The van der Waals surface area contributed by atoms with Crippen molar-refractivity contribution in [1.29, 1.82) is 5.26 Å². The highest BCUT2D eigenvalue weighted by atomic mass is 32.2. The van der Waals surface area contributed by atoms with Gasteiger partial charge in [0.1, 0.15) is 11.0 Å². The third-order valence-corrected chi connectivity index (χ3v) is 5.19. The summed E-state index contributed by atoms with van der Waals surface area (Å²) in [6.07, 6.45) is 4.73. The number of nitrogens with zero attached hydrogens (tertiary/aromatic N) is 3. The summed E-state index contributed by atoms with van der Waals surface area (Å²) in [5.74, 6) is 0. The van der Waals surface area contributed by atoms with Gasteiger partial charge in [0.2, 0.25) is 0 Å². The molecular weight excluding hydrogens is 342 g/mol. The van der Waals surface area contributed by atoms with Crippen LogP contribution in [0.2, 0.25) is 0 Å². The molecule has 0 unspecified atom stereocenters. The van der Waals surface area contributed by atoms with Crippen molar-refractivity contribution in [3.63, 3.8) is 0 Å².